The molecular formula is C20H18N4OS. The van der Waals surface area contributed by atoms with E-state index in [4.69, 9.17) is 4.98 Å². The van der Waals surface area contributed by atoms with Gasteiger partial charge in [0.05, 0.1) is 22.0 Å². The third kappa shape index (κ3) is 2.99. The van der Waals surface area contributed by atoms with Crippen LogP contribution in [0.2, 0.25) is 0 Å². The third-order valence-corrected chi connectivity index (χ3v) is 5.48. The molecule has 1 amide bonds. The lowest BCUT2D eigenvalue weighted by Crippen LogP contribution is -2.12. The molecule has 2 heterocycles. The summed E-state index contributed by atoms with van der Waals surface area (Å²) in [7, 11) is 1.82. The van der Waals surface area contributed by atoms with Crippen molar-refractivity contribution < 1.29 is 4.79 Å². The van der Waals surface area contributed by atoms with E-state index >= 15 is 0 Å². The smallest absolute Gasteiger partial charge is 0.259 e. The number of aromatic nitrogens is 3. The first kappa shape index (κ1) is 16.5. The van der Waals surface area contributed by atoms with Crippen molar-refractivity contribution in [3.8, 4) is 10.6 Å². The Morgan fingerprint density at radius 1 is 1.12 bits per heavy atom. The predicted octanol–water partition coefficient (Wildman–Crippen LogP) is 4.57. The van der Waals surface area contributed by atoms with E-state index in [9.17, 15) is 4.79 Å². The molecule has 0 unspecified atom stereocenters. The number of nitrogens with one attached hydrogen (secondary N) is 1. The van der Waals surface area contributed by atoms with Gasteiger partial charge in [0, 0.05) is 24.0 Å². The maximum atomic E-state index is 12.4. The number of rotatable bonds is 3. The van der Waals surface area contributed by atoms with Gasteiger partial charge in [-0.15, -0.1) is 11.3 Å². The summed E-state index contributed by atoms with van der Waals surface area (Å²) in [6.45, 7) is 3.96. The number of thiazole rings is 1. The van der Waals surface area contributed by atoms with Crippen molar-refractivity contribution >= 4 is 33.1 Å². The van der Waals surface area contributed by atoms with Crippen LogP contribution >= 0.6 is 11.3 Å². The van der Waals surface area contributed by atoms with Gasteiger partial charge in [0.15, 0.2) is 0 Å². The highest BCUT2D eigenvalue weighted by molar-refractivity contribution is 7.21. The average molecular weight is 362 g/mol. The molecule has 5 nitrogen and oxygen atoms in total. The molecule has 0 saturated heterocycles. The molecule has 2 aromatic heterocycles. The van der Waals surface area contributed by atoms with Crippen LogP contribution in [0.4, 0.5) is 5.69 Å². The Bertz CT molecular complexity index is 1110. The highest BCUT2D eigenvalue weighted by Gasteiger charge is 2.13. The summed E-state index contributed by atoms with van der Waals surface area (Å²) in [6, 6.07) is 14.0. The van der Waals surface area contributed by atoms with Gasteiger partial charge in [-0.25, -0.2) is 4.98 Å². The van der Waals surface area contributed by atoms with Crippen molar-refractivity contribution in [2.75, 3.05) is 5.32 Å². The van der Waals surface area contributed by atoms with Gasteiger partial charge in [-0.3, -0.25) is 9.48 Å². The van der Waals surface area contributed by atoms with E-state index in [0.717, 1.165) is 27.5 Å². The van der Waals surface area contributed by atoms with Crippen molar-refractivity contribution in [1.82, 2.24) is 14.8 Å². The molecule has 1 N–H and O–H groups in total. The first-order valence-corrected chi connectivity index (χ1v) is 9.10. The number of benzene rings is 2. The van der Waals surface area contributed by atoms with E-state index in [0.29, 0.717) is 5.56 Å². The maximum Gasteiger partial charge on any atom is 0.259 e. The fourth-order valence-electron chi connectivity index (χ4n) is 2.77. The van der Waals surface area contributed by atoms with Crippen LogP contribution < -0.4 is 5.32 Å². The Kier molecular flexibility index (Phi) is 4.05. The van der Waals surface area contributed by atoms with Gasteiger partial charge in [-0.05, 0) is 55.8 Å². The number of fused-ring (bicyclic) bond motifs is 1. The summed E-state index contributed by atoms with van der Waals surface area (Å²) in [5, 5.41) is 8.00. The van der Waals surface area contributed by atoms with Crippen LogP contribution in [0.3, 0.4) is 0 Å². The van der Waals surface area contributed by atoms with Gasteiger partial charge in [-0.1, -0.05) is 6.07 Å². The lowest BCUT2D eigenvalue weighted by molar-refractivity contribution is 0.102. The molecule has 0 saturated carbocycles. The third-order valence-electron chi connectivity index (χ3n) is 4.41. The van der Waals surface area contributed by atoms with Crippen LogP contribution in [-0.2, 0) is 7.05 Å². The van der Waals surface area contributed by atoms with Crippen molar-refractivity contribution in [2.24, 2.45) is 7.05 Å². The number of anilines is 1. The largest absolute Gasteiger partial charge is 0.322 e. The fraction of sp³-hybridized carbons (Fsp3) is 0.150. The molecule has 0 aliphatic rings. The van der Waals surface area contributed by atoms with E-state index in [1.165, 1.54) is 10.3 Å². The summed E-state index contributed by atoms with van der Waals surface area (Å²) in [4.78, 5) is 17.1. The second-order valence-electron chi connectivity index (χ2n) is 6.29. The number of hydrogen-bond donors (Lipinski definition) is 1. The van der Waals surface area contributed by atoms with Crippen LogP contribution in [0.1, 0.15) is 21.6 Å². The Morgan fingerprint density at radius 3 is 2.58 bits per heavy atom. The first-order valence-electron chi connectivity index (χ1n) is 8.29. The van der Waals surface area contributed by atoms with Crippen molar-refractivity contribution in [1.29, 1.82) is 0 Å². The monoisotopic (exact) mass is 362 g/mol. The molecule has 4 rings (SSSR count). The summed E-state index contributed by atoms with van der Waals surface area (Å²) < 4.78 is 2.87. The number of carbonyl (C=O) groups excluding carboxylic acids is 1. The topological polar surface area (TPSA) is 59.8 Å². The number of carbonyl (C=O) groups is 1. The van der Waals surface area contributed by atoms with E-state index < -0.39 is 0 Å². The average Bonchev–Trinajstić information content (AvgIpc) is 3.19. The number of hydrogen-bond acceptors (Lipinski definition) is 4. The Balaban J connectivity index is 1.56. The molecule has 0 radical (unpaired) electrons. The van der Waals surface area contributed by atoms with Crippen LogP contribution in [0.25, 0.3) is 20.8 Å². The standard InChI is InChI=1S/C20H18N4OS/c1-12-4-9-17-18(10-12)26-20(23-17)14-5-7-15(8-6-14)22-19(25)16-11-21-24(3)13(16)2/h4-11H,1-3H3,(H,22,25). The van der Waals surface area contributed by atoms with Gasteiger partial charge in [-0.2, -0.15) is 5.10 Å². The molecule has 26 heavy (non-hydrogen) atoms. The van der Waals surface area contributed by atoms with Gasteiger partial charge < -0.3 is 5.32 Å². The van der Waals surface area contributed by atoms with Gasteiger partial charge in [0.2, 0.25) is 0 Å². The minimum Gasteiger partial charge on any atom is -0.322 e. The second-order valence-corrected chi connectivity index (χ2v) is 7.32. The summed E-state index contributed by atoms with van der Waals surface area (Å²) >= 11 is 1.68. The highest BCUT2D eigenvalue weighted by atomic mass is 32.1. The van der Waals surface area contributed by atoms with Crippen molar-refractivity contribution in [2.45, 2.75) is 13.8 Å². The summed E-state index contributed by atoms with van der Waals surface area (Å²) in [5.41, 5.74) is 5.46. The Hall–Kier alpha value is -2.99. The van der Waals surface area contributed by atoms with E-state index in [1.807, 2.05) is 38.2 Å². The lowest BCUT2D eigenvalue weighted by atomic mass is 10.2. The molecule has 0 aliphatic heterocycles. The molecule has 0 spiro atoms. The molecule has 0 aliphatic carbocycles. The molecule has 0 fully saturated rings. The molecule has 6 heteroatoms. The Morgan fingerprint density at radius 2 is 1.88 bits per heavy atom. The molecule has 2 aromatic carbocycles. The summed E-state index contributed by atoms with van der Waals surface area (Å²) in [5.74, 6) is -0.154. The minimum atomic E-state index is -0.154. The van der Waals surface area contributed by atoms with Gasteiger partial charge in [0.1, 0.15) is 5.01 Å². The lowest BCUT2D eigenvalue weighted by Gasteiger charge is -2.05. The first-order chi connectivity index (χ1) is 12.5. The second kappa shape index (κ2) is 6.38. The van der Waals surface area contributed by atoms with E-state index in [2.05, 4.69) is 35.5 Å². The number of aryl methyl sites for hydroxylation is 2. The zero-order valence-electron chi connectivity index (χ0n) is 14.8. The van der Waals surface area contributed by atoms with Crippen molar-refractivity contribution in [3.05, 3.63) is 65.5 Å². The number of nitrogens with zero attached hydrogens (tertiary/aromatic N) is 3. The normalized spacial score (nSPS) is 11.0. The minimum absolute atomic E-state index is 0.154. The van der Waals surface area contributed by atoms with Gasteiger partial charge in [0.25, 0.3) is 5.91 Å². The molecule has 4 aromatic rings. The van der Waals surface area contributed by atoms with Crippen LogP contribution in [0, 0.1) is 13.8 Å². The van der Waals surface area contributed by atoms with Crippen molar-refractivity contribution in [3.63, 3.8) is 0 Å². The molecule has 0 atom stereocenters. The predicted molar refractivity (Wildman–Crippen MR) is 106 cm³/mol. The Labute approximate surface area is 155 Å². The van der Waals surface area contributed by atoms with Crippen LogP contribution in [0.5, 0.6) is 0 Å². The van der Waals surface area contributed by atoms with E-state index in [-0.39, 0.29) is 5.91 Å². The van der Waals surface area contributed by atoms with Gasteiger partial charge >= 0.3 is 0 Å². The van der Waals surface area contributed by atoms with Crippen LogP contribution in [0.15, 0.2) is 48.7 Å². The van der Waals surface area contributed by atoms with Crippen LogP contribution in [-0.4, -0.2) is 20.7 Å². The zero-order valence-corrected chi connectivity index (χ0v) is 15.6. The quantitative estimate of drug-likeness (QED) is 0.581. The SMILES string of the molecule is Cc1ccc2nc(-c3ccc(NC(=O)c4cnn(C)c4C)cc3)sc2c1. The highest BCUT2D eigenvalue weighted by Crippen LogP contribution is 2.31. The molecule has 0 bridgehead atoms. The number of amides is 1. The fourth-order valence-corrected chi connectivity index (χ4v) is 3.84. The molecule has 130 valence electrons. The molecular weight excluding hydrogens is 344 g/mol. The summed E-state index contributed by atoms with van der Waals surface area (Å²) in [6.07, 6.45) is 1.59. The zero-order chi connectivity index (χ0) is 18.3. The maximum absolute atomic E-state index is 12.4. The van der Waals surface area contributed by atoms with E-state index in [1.54, 1.807) is 22.2 Å².